The summed E-state index contributed by atoms with van der Waals surface area (Å²) in [6.45, 7) is 0.157. The van der Waals surface area contributed by atoms with Gasteiger partial charge in [0.1, 0.15) is 5.69 Å². The minimum Gasteiger partial charge on any atom is -0.493 e. The molecule has 2 aromatic heterocycles. The van der Waals surface area contributed by atoms with Crippen molar-refractivity contribution in [1.82, 2.24) is 14.9 Å². The first-order valence-corrected chi connectivity index (χ1v) is 8.69. The van der Waals surface area contributed by atoms with Crippen LogP contribution in [0.15, 0.2) is 36.5 Å². The molecule has 3 aromatic rings. The number of aryl methyl sites for hydroxylation is 1. The van der Waals surface area contributed by atoms with Crippen LogP contribution in [-0.2, 0) is 11.8 Å². The molecule has 146 valence electrons. The monoisotopic (exact) mass is 382 g/mol. The van der Waals surface area contributed by atoms with E-state index in [-0.39, 0.29) is 24.6 Å². The lowest BCUT2D eigenvalue weighted by atomic mass is 10.1. The van der Waals surface area contributed by atoms with Crippen LogP contribution in [0.3, 0.4) is 0 Å². The summed E-state index contributed by atoms with van der Waals surface area (Å²) in [6.07, 6.45) is 1.93. The number of fused-ring (bicyclic) bond motifs is 1. The Hall–Kier alpha value is -3.55. The van der Waals surface area contributed by atoms with Crippen molar-refractivity contribution < 1.29 is 19.1 Å². The smallest absolute Gasteiger partial charge is 0.270 e. The molecule has 0 aliphatic carbocycles. The highest BCUT2D eigenvalue weighted by atomic mass is 16.5. The molecule has 0 unspecified atom stereocenters. The first-order chi connectivity index (χ1) is 13.4. The van der Waals surface area contributed by atoms with Gasteiger partial charge in [0.2, 0.25) is 5.91 Å². The zero-order chi connectivity index (χ0) is 20.3. The summed E-state index contributed by atoms with van der Waals surface area (Å²) < 4.78 is 12.6. The average molecular weight is 382 g/mol. The number of aromatic nitrogens is 2. The van der Waals surface area contributed by atoms with Crippen molar-refractivity contribution in [3.05, 3.63) is 42.2 Å². The molecule has 0 fully saturated rings. The van der Waals surface area contributed by atoms with Crippen LogP contribution in [0.4, 0.5) is 0 Å². The fourth-order valence-electron chi connectivity index (χ4n) is 2.96. The Kier molecular flexibility index (Phi) is 5.49. The van der Waals surface area contributed by atoms with Crippen molar-refractivity contribution in [3.8, 4) is 22.8 Å². The van der Waals surface area contributed by atoms with E-state index in [1.165, 1.54) is 0 Å². The fourth-order valence-corrected chi connectivity index (χ4v) is 2.96. The third-order valence-electron chi connectivity index (χ3n) is 4.43. The number of nitrogens with one attached hydrogen (secondary N) is 1. The van der Waals surface area contributed by atoms with Crippen LogP contribution in [0, 0.1) is 0 Å². The molecule has 0 bridgehead atoms. The Labute approximate surface area is 162 Å². The van der Waals surface area contributed by atoms with Crippen molar-refractivity contribution in [2.24, 2.45) is 12.8 Å². The van der Waals surface area contributed by atoms with Gasteiger partial charge in [0.15, 0.2) is 11.5 Å². The summed E-state index contributed by atoms with van der Waals surface area (Å²) in [5, 5.41) is 3.42. The topological polar surface area (TPSA) is 108 Å². The highest BCUT2D eigenvalue weighted by Gasteiger charge is 2.17. The van der Waals surface area contributed by atoms with E-state index in [1.807, 2.05) is 42.1 Å². The van der Waals surface area contributed by atoms with Gasteiger partial charge in [-0.2, -0.15) is 0 Å². The SMILES string of the molecule is COc1ccc(-c2cc3c(ccn3C)c(C(=O)NCCC(N)=O)n2)cc1OC. The summed E-state index contributed by atoms with van der Waals surface area (Å²) in [6, 6.07) is 9.20. The number of hydrogen-bond acceptors (Lipinski definition) is 5. The van der Waals surface area contributed by atoms with Crippen molar-refractivity contribution >= 4 is 22.7 Å². The molecule has 28 heavy (non-hydrogen) atoms. The van der Waals surface area contributed by atoms with Crippen molar-refractivity contribution in [2.45, 2.75) is 6.42 Å². The predicted octanol–water partition coefficient (Wildman–Crippen LogP) is 1.86. The third kappa shape index (κ3) is 3.75. The first kappa shape index (κ1) is 19.2. The summed E-state index contributed by atoms with van der Waals surface area (Å²) in [7, 11) is 5.03. The zero-order valence-electron chi connectivity index (χ0n) is 16.0. The van der Waals surface area contributed by atoms with Gasteiger partial charge in [-0.25, -0.2) is 4.98 Å². The zero-order valence-corrected chi connectivity index (χ0v) is 16.0. The van der Waals surface area contributed by atoms with E-state index >= 15 is 0 Å². The number of nitrogens with zero attached hydrogens (tertiary/aromatic N) is 2. The first-order valence-electron chi connectivity index (χ1n) is 8.69. The number of carbonyl (C=O) groups excluding carboxylic acids is 2. The van der Waals surface area contributed by atoms with Crippen molar-refractivity contribution in [3.63, 3.8) is 0 Å². The second kappa shape index (κ2) is 7.99. The van der Waals surface area contributed by atoms with Crippen LogP contribution in [0.2, 0.25) is 0 Å². The maximum atomic E-state index is 12.7. The van der Waals surface area contributed by atoms with Crippen molar-refractivity contribution in [1.29, 1.82) is 0 Å². The number of carbonyl (C=O) groups is 2. The number of methoxy groups -OCH3 is 2. The maximum Gasteiger partial charge on any atom is 0.270 e. The maximum absolute atomic E-state index is 12.7. The number of benzene rings is 1. The number of nitrogens with two attached hydrogens (primary N) is 1. The summed E-state index contributed by atoms with van der Waals surface area (Å²) in [5.41, 5.74) is 7.68. The Balaban J connectivity index is 2.06. The van der Waals surface area contributed by atoms with Gasteiger partial charge in [0.25, 0.3) is 5.91 Å². The van der Waals surface area contributed by atoms with Gasteiger partial charge in [0.05, 0.1) is 25.4 Å². The Bertz CT molecular complexity index is 1040. The molecule has 3 rings (SSSR count). The molecule has 0 radical (unpaired) electrons. The number of rotatable bonds is 7. The largest absolute Gasteiger partial charge is 0.493 e. The molecule has 0 aliphatic heterocycles. The van der Waals surface area contributed by atoms with Gasteiger partial charge in [0, 0.05) is 37.2 Å². The van der Waals surface area contributed by atoms with E-state index in [4.69, 9.17) is 15.2 Å². The fraction of sp³-hybridized carbons (Fsp3) is 0.250. The Morgan fingerprint density at radius 2 is 1.89 bits per heavy atom. The number of pyridine rings is 1. The highest BCUT2D eigenvalue weighted by Crippen LogP contribution is 2.33. The van der Waals surface area contributed by atoms with Crippen LogP contribution in [-0.4, -0.2) is 42.1 Å². The molecule has 8 heteroatoms. The quantitative estimate of drug-likeness (QED) is 0.648. The van der Waals surface area contributed by atoms with Crippen LogP contribution < -0.4 is 20.5 Å². The lowest BCUT2D eigenvalue weighted by molar-refractivity contribution is -0.117. The molecular weight excluding hydrogens is 360 g/mol. The van der Waals surface area contributed by atoms with Crippen LogP contribution >= 0.6 is 0 Å². The highest BCUT2D eigenvalue weighted by molar-refractivity contribution is 6.05. The van der Waals surface area contributed by atoms with E-state index in [2.05, 4.69) is 10.3 Å². The van der Waals surface area contributed by atoms with Gasteiger partial charge in [-0.15, -0.1) is 0 Å². The van der Waals surface area contributed by atoms with Crippen LogP contribution in [0.1, 0.15) is 16.9 Å². The number of primary amides is 1. The molecule has 2 heterocycles. The van der Waals surface area contributed by atoms with E-state index in [0.717, 1.165) is 16.5 Å². The molecule has 8 nitrogen and oxygen atoms in total. The molecule has 1 aromatic carbocycles. The Morgan fingerprint density at radius 3 is 2.57 bits per heavy atom. The van der Waals surface area contributed by atoms with Gasteiger partial charge in [-0.05, 0) is 30.3 Å². The summed E-state index contributed by atoms with van der Waals surface area (Å²) >= 11 is 0. The summed E-state index contributed by atoms with van der Waals surface area (Å²) in [4.78, 5) is 28.2. The van der Waals surface area contributed by atoms with E-state index in [9.17, 15) is 9.59 Å². The van der Waals surface area contributed by atoms with Gasteiger partial charge in [-0.3, -0.25) is 9.59 Å². The predicted molar refractivity (Wildman–Crippen MR) is 105 cm³/mol. The molecule has 0 saturated carbocycles. The molecule has 3 N–H and O–H groups in total. The molecule has 0 aliphatic rings. The normalized spacial score (nSPS) is 10.7. The molecular formula is C20H22N4O4. The average Bonchev–Trinajstić information content (AvgIpc) is 3.07. The molecule has 2 amide bonds. The van der Waals surface area contributed by atoms with Crippen LogP contribution in [0.25, 0.3) is 22.2 Å². The lowest BCUT2D eigenvalue weighted by Crippen LogP contribution is -2.28. The molecule has 0 saturated heterocycles. The third-order valence-corrected chi connectivity index (χ3v) is 4.43. The number of hydrogen-bond donors (Lipinski definition) is 2. The van der Waals surface area contributed by atoms with Gasteiger partial charge < -0.3 is 25.1 Å². The van der Waals surface area contributed by atoms with Gasteiger partial charge in [-0.1, -0.05) is 0 Å². The molecule has 0 atom stereocenters. The minimum absolute atomic E-state index is 0.0685. The van der Waals surface area contributed by atoms with E-state index in [0.29, 0.717) is 17.2 Å². The second-order valence-electron chi connectivity index (χ2n) is 6.26. The Morgan fingerprint density at radius 1 is 1.14 bits per heavy atom. The number of amides is 2. The van der Waals surface area contributed by atoms with Gasteiger partial charge >= 0.3 is 0 Å². The van der Waals surface area contributed by atoms with E-state index in [1.54, 1.807) is 20.3 Å². The standard InChI is InChI=1S/C20H22N4O4/c1-24-9-7-13-15(24)11-14(12-4-5-16(27-2)17(10-12)28-3)23-19(13)20(26)22-8-6-18(21)25/h4-5,7,9-11H,6,8H2,1-3H3,(H2,21,25)(H,22,26). The summed E-state index contributed by atoms with van der Waals surface area (Å²) in [5.74, 6) is 0.342. The number of ether oxygens (including phenoxy) is 2. The second-order valence-corrected chi connectivity index (χ2v) is 6.26. The van der Waals surface area contributed by atoms with E-state index < -0.39 is 5.91 Å². The van der Waals surface area contributed by atoms with Crippen molar-refractivity contribution in [2.75, 3.05) is 20.8 Å². The minimum atomic E-state index is -0.475. The molecule has 0 spiro atoms. The lowest BCUT2D eigenvalue weighted by Gasteiger charge is -2.11. The van der Waals surface area contributed by atoms with Crippen LogP contribution in [0.5, 0.6) is 11.5 Å².